The maximum Gasteiger partial charge on any atom is 0.433 e. The summed E-state index contributed by atoms with van der Waals surface area (Å²) in [5.74, 6) is -0.0217. The summed E-state index contributed by atoms with van der Waals surface area (Å²) in [5, 5.41) is 3.14. The Kier molecular flexibility index (Phi) is 3.14. The molecule has 1 aromatic rings. The van der Waals surface area contributed by atoms with Crippen LogP contribution in [0.2, 0.25) is 0 Å². The van der Waals surface area contributed by atoms with Crippen molar-refractivity contribution in [2.45, 2.75) is 24.9 Å². The lowest BCUT2D eigenvalue weighted by molar-refractivity contribution is -0.142. The largest absolute Gasteiger partial charge is 0.433 e. The topological polar surface area (TPSA) is 24.9 Å². The number of aromatic nitrogens is 1. The van der Waals surface area contributed by atoms with Gasteiger partial charge in [0.1, 0.15) is 5.69 Å². The number of rotatable bonds is 1. The summed E-state index contributed by atoms with van der Waals surface area (Å²) in [5.41, 5.74) is -0.376. The summed E-state index contributed by atoms with van der Waals surface area (Å²) in [6.45, 7) is 1.55. The molecule has 0 amide bonds. The van der Waals surface area contributed by atoms with Crippen molar-refractivity contribution < 1.29 is 13.2 Å². The standard InChI is InChI=1S/C11H13F3N2/c12-11(13,14)10-9(2-1-5-16-10)8-3-6-15-7-4-8/h1-2,5,8,15H,3-4,6-7H2. The van der Waals surface area contributed by atoms with E-state index in [1.165, 1.54) is 6.20 Å². The average Bonchev–Trinajstić information content (AvgIpc) is 2.29. The van der Waals surface area contributed by atoms with Gasteiger partial charge in [-0.2, -0.15) is 13.2 Å². The SMILES string of the molecule is FC(F)(F)c1ncccc1C1CCNCC1. The Labute approximate surface area is 91.9 Å². The van der Waals surface area contributed by atoms with Crippen LogP contribution < -0.4 is 5.32 Å². The molecule has 1 aromatic heterocycles. The van der Waals surface area contributed by atoms with Gasteiger partial charge in [-0.1, -0.05) is 6.07 Å². The molecule has 1 aliphatic heterocycles. The lowest BCUT2D eigenvalue weighted by Crippen LogP contribution is -2.28. The molecular formula is C11H13F3N2. The van der Waals surface area contributed by atoms with E-state index in [0.29, 0.717) is 5.56 Å². The summed E-state index contributed by atoms with van der Waals surface area (Å²) in [6.07, 6.45) is -1.65. The van der Waals surface area contributed by atoms with Crippen LogP contribution in [-0.4, -0.2) is 18.1 Å². The van der Waals surface area contributed by atoms with Crippen molar-refractivity contribution in [2.24, 2.45) is 0 Å². The number of nitrogens with zero attached hydrogens (tertiary/aromatic N) is 1. The summed E-state index contributed by atoms with van der Waals surface area (Å²) in [4.78, 5) is 3.48. The van der Waals surface area contributed by atoms with Gasteiger partial charge in [-0.3, -0.25) is 4.98 Å². The van der Waals surface area contributed by atoms with E-state index in [2.05, 4.69) is 10.3 Å². The summed E-state index contributed by atoms with van der Waals surface area (Å²) < 4.78 is 38.2. The molecule has 1 N–H and O–H groups in total. The monoisotopic (exact) mass is 230 g/mol. The third kappa shape index (κ3) is 2.35. The molecule has 0 saturated carbocycles. The third-order valence-corrected chi connectivity index (χ3v) is 2.89. The lowest BCUT2D eigenvalue weighted by atomic mass is 9.89. The first-order valence-electron chi connectivity index (χ1n) is 5.32. The van der Waals surface area contributed by atoms with Crippen LogP contribution in [0.1, 0.15) is 30.0 Å². The van der Waals surface area contributed by atoms with Crippen molar-refractivity contribution in [3.63, 3.8) is 0 Å². The van der Waals surface area contributed by atoms with Crippen molar-refractivity contribution in [1.82, 2.24) is 10.3 Å². The number of hydrogen-bond acceptors (Lipinski definition) is 2. The summed E-state index contributed by atoms with van der Waals surface area (Å²) >= 11 is 0. The van der Waals surface area contributed by atoms with E-state index >= 15 is 0 Å². The van der Waals surface area contributed by atoms with Crippen LogP contribution >= 0.6 is 0 Å². The molecule has 2 nitrogen and oxygen atoms in total. The van der Waals surface area contributed by atoms with Crippen LogP contribution in [0.25, 0.3) is 0 Å². The van der Waals surface area contributed by atoms with Gasteiger partial charge in [-0.25, -0.2) is 0 Å². The van der Waals surface area contributed by atoms with Gasteiger partial charge in [0, 0.05) is 6.20 Å². The van der Waals surface area contributed by atoms with Gasteiger partial charge in [0.2, 0.25) is 0 Å². The molecule has 0 atom stereocenters. The van der Waals surface area contributed by atoms with Gasteiger partial charge < -0.3 is 5.32 Å². The molecule has 0 spiro atoms. The number of nitrogens with one attached hydrogen (secondary N) is 1. The van der Waals surface area contributed by atoms with E-state index in [1.54, 1.807) is 12.1 Å². The van der Waals surface area contributed by atoms with Gasteiger partial charge in [-0.15, -0.1) is 0 Å². The predicted octanol–water partition coefficient (Wildman–Crippen LogP) is 2.57. The lowest BCUT2D eigenvalue weighted by Gasteiger charge is -2.25. The molecule has 0 aromatic carbocycles. The normalized spacial score (nSPS) is 18.7. The van der Waals surface area contributed by atoms with Gasteiger partial charge >= 0.3 is 6.18 Å². The quantitative estimate of drug-likeness (QED) is 0.802. The highest BCUT2D eigenvalue weighted by Gasteiger charge is 2.36. The molecule has 0 bridgehead atoms. The smallest absolute Gasteiger partial charge is 0.317 e. The molecular weight excluding hydrogens is 217 g/mol. The van der Waals surface area contributed by atoms with E-state index in [-0.39, 0.29) is 5.92 Å². The van der Waals surface area contributed by atoms with E-state index in [0.717, 1.165) is 25.9 Å². The predicted molar refractivity (Wildman–Crippen MR) is 54.1 cm³/mol. The van der Waals surface area contributed by atoms with Crippen molar-refractivity contribution in [3.8, 4) is 0 Å². The summed E-state index contributed by atoms with van der Waals surface area (Å²) in [6, 6.07) is 3.12. The van der Waals surface area contributed by atoms with Gasteiger partial charge in [-0.05, 0) is 43.5 Å². The van der Waals surface area contributed by atoms with Gasteiger partial charge in [0.25, 0.3) is 0 Å². The number of hydrogen-bond donors (Lipinski definition) is 1. The number of piperidine rings is 1. The molecule has 2 heterocycles. The maximum absolute atomic E-state index is 12.7. The Hall–Kier alpha value is -1.10. The first kappa shape index (κ1) is 11.4. The molecule has 88 valence electrons. The Morgan fingerprint density at radius 2 is 1.94 bits per heavy atom. The molecule has 5 heteroatoms. The third-order valence-electron chi connectivity index (χ3n) is 2.89. The zero-order valence-electron chi connectivity index (χ0n) is 8.72. The van der Waals surface area contributed by atoms with E-state index < -0.39 is 11.9 Å². The molecule has 1 saturated heterocycles. The van der Waals surface area contributed by atoms with Crippen LogP contribution in [0, 0.1) is 0 Å². The minimum atomic E-state index is -4.35. The number of alkyl halides is 3. The zero-order chi connectivity index (χ0) is 11.6. The molecule has 2 rings (SSSR count). The number of halogens is 3. The Balaban J connectivity index is 2.32. The van der Waals surface area contributed by atoms with E-state index in [9.17, 15) is 13.2 Å². The molecule has 1 aliphatic rings. The fraction of sp³-hybridized carbons (Fsp3) is 0.545. The highest BCUT2D eigenvalue weighted by molar-refractivity contribution is 5.27. The minimum absolute atomic E-state index is 0.0217. The average molecular weight is 230 g/mol. The van der Waals surface area contributed by atoms with Crippen LogP contribution in [-0.2, 0) is 6.18 Å². The van der Waals surface area contributed by atoms with Crippen LogP contribution in [0.4, 0.5) is 13.2 Å². The Bertz CT molecular complexity index is 356. The van der Waals surface area contributed by atoms with Crippen molar-refractivity contribution in [1.29, 1.82) is 0 Å². The Morgan fingerprint density at radius 3 is 2.56 bits per heavy atom. The molecule has 0 unspecified atom stereocenters. The van der Waals surface area contributed by atoms with Crippen LogP contribution in [0.5, 0.6) is 0 Å². The van der Waals surface area contributed by atoms with Crippen molar-refractivity contribution in [2.75, 3.05) is 13.1 Å². The molecule has 0 aliphatic carbocycles. The molecule has 0 radical (unpaired) electrons. The summed E-state index contributed by atoms with van der Waals surface area (Å²) in [7, 11) is 0. The highest BCUT2D eigenvalue weighted by Crippen LogP contribution is 2.36. The first-order valence-corrected chi connectivity index (χ1v) is 5.32. The maximum atomic E-state index is 12.7. The Morgan fingerprint density at radius 1 is 1.25 bits per heavy atom. The highest BCUT2D eigenvalue weighted by atomic mass is 19.4. The second kappa shape index (κ2) is 4.41. The van der Waals surface area contributed by atoms with Gasteiger partial charge in [0.15, 0.2) is 0 Å². The molecule has 16 heavy (non-hydrogen) atoms. The zero-order valence-corrected chi connectivity index (χ0v) is 8.72. The fourth-order valence-electron chi connectivity index (χ4n) is 2.12. The van der Waals surface area contributed by atoms with Crippen LogP contribution in [0.3, 0.4) is 0 Å². The minimum Gasteiger partial charge on any atom is -0.317 e. The number of pyridine rings is 1. The fourth-order valence-corrected chi connectivity index (χ4v) is 2.12. The van der Waals surface area contributed by atoms with Gasteiger partial charge in [0.05, 0.1) is 0 Å². The van der Waals surface area contributed by atoms with Crippen molar-refractivity contribution in [3.05, 3.63) is 29.6 Å². The molecule has 1 fully saturated rings. The van der Waals surface area contributed by atoms with E-state index in [1.807, 2.05) is 0 Å². The second-order valence-electron chi connectivity index (χ2n) is 3.96. The second-order valence-corrected chi connectivity index (χ2v) is 3.96. The van der Waals surface area contributed by atoms with Crippen molar-refractivity contribution >= 4 is 0 Å². The van der Waals surface area contributed by atoms with Crippen LogP contribution in [0.15, 0.2) is 18.3 Å². The first-order chi connectivity index (χ1) is 7.59. The van der Waals surface area contributed by atoms with E-state index in [4.69, 9.17) is 0 Å².